The molecule has 0 amide bonds. The van der Waals surface area contributed by atoms with Crippen molar-refractivity contribution in [3.8, 4) is 11.5 Å². The molecule has 0 saturated heterocycles. The van der Waals surface area contributed by atoms with Gasteiger partial charge in [0.1, 0.15) is 11.5 Å². The van der Waals surface area contributed by atoms with Gasteiger partial charge in [-0.15, -0.1) is 0 Å². The van der Waals surface area contributed by atoms with Crippen LogP contribution in [-0.4, -0.2) is 25.0 Å². The summed E-state index contributed by atoms with van der Waals surface area (Å²) >= 11 is 0. The highest BCUT2D eigenvalue weighted by Gasteiger charge is 2.39. The smallest absolute Gasteiger partial charge is 0.334 e. The summed E-state index contributed by atoms with van der Waals surface area (Å²) in [6.45, 7) is 10.6. The van der Waals surface area contributed by atoms with E-state index in [1.807, 2.05) is 6.92 Å². The minimum Gasteiger partial charge on any atom is -0.496 e. The van der Waals surface area contributed by atoms with E-state index in [1.54, 1.807) is 32.1 Å². The molecule has 0 bridgehead atoms. The predicted octanol–water partition coefficient (Wildman–Crippen LogP) is 3.79. The lowest BCUT2D eigenvalue weighted by atomic mass is 9.98. The van der Waals surface area contributed by atoms with Crippen molar-refractivity contribution < 1.29 is 23.8 Å². The third-order valence-electron chi connectivity index (χ3n) is 4.02. The molecule has 1 aromatic rings. The molecule has 1 aromatic carbocycles. The van der Waals surface area contributed by atoms with E-state index >= 15 is 0 Å². The lowest BCUT2D eigenvalue weighted by molar-refractivity contribution is -0.146. The van der Waals surface area contributed by atoms with E-state index in [0.29, 0.717) is 28.2 Å². The zero-order valence-electron chi connectivity index (χ0n) is 14.6. The number of rotatable bonds is 5. The monoisotopic (exact) mass is 330 g/mol. The van der Waals surface area contributed by atoms with Crippen molar-refractivity contribution >= 4 is 11.8 Å². The van der Waals surface area contributed by atoms with Gasteiger partial charge in [0.2, 0.25) is 0 Å². The summed E-state index contributed by atoms with van der Waals surface area (Å²) in [5.74, 6) is 0.396. The predicted molar refractivity (Wildman–Crippen MR) is 90.5 cm³/mol. The maximum absolute atomic E-state index is 12.2. The molecule has 0 unspecified atom stereocenters. The number of methoxy groups -OCH3 is 1. The molecule has 0 saturated carbocycles. The summed E-state index contributed by atoms with van der Waals surface area (Å²) in [5, 5.41) is 0. The van der Waals surface area contributed by atoms with Crippen LogP contribution in [0.3, 0.4) is 0 Å². The minimum atomic E-state index is -0.649. The van der Waals surface area contributed by atoms with E-state index in [4.69, 9.17) is 14.2 Å². The number of ketones is 1. The fraction of sp³-hybridized carbons (Fsp3) is 0.368. The molecule has 5 nitrogen and oxygen atoms in total. The number of esters is 1. The van der Waals surface area contributed by atoms with E-state index in [9.17, 15) is 9.59 Å². The molecular weight excluding hydrogens is 308 g/mol. The molecule has 0 aromatic heterocycles. The van der Waals surface area contributed by atoms with Crippen LogP contribution in [0.1, 0.15) is 49.7 Å². The molecule has 2 atom stereocenters. The summed E-state index contributed by atoms with van der Waals surface area (Å²) in [7, 11) is 1.49. The second kappa shape index (κ2) is 6.91. The SMILES string of the molecule is C=C(C)[C@@H]1Oc2cc(OC)c(C(C)=O)cc2[C@@H]1OC(=O)/C(C)=C\C. The molecule has 0 spiro atoms. The van der Waals surface area contributed by atoms with Crippen LogP contribution in [0.25, 0.3) is 0 Å². The molecule has 0 fully saturated rings. The number of allylic oxidation sites excluding steroid dienone is 1. The molecule has 1 aliphatic heterocycles. The van der Waals surface area contributed by atoms with Gasteiger partial charge in [-0.1, -0.05) is 12.7 Å². The maximum atomic E-state index is 12.2. The van der Waals surface area contributed by atoms with Gasteiger partial charge in [0.15, 0.2) is 18.0 Å². The van der Waals surface area contributed by atoms with Gasteiger partial charge < -0.3 is 14.2 Å². The quantitative estimate of drug-likeness (QED) is 0.356. The summed E-state index contributed by atoms with van der Waals surface area (Å²) < 4.78 is 16.8. The van der Waals surface area contributed by atoms with Crippen LogP contribution < -0.4 is 9.47 Å². The molecule has 1 aliphatic rings. The Morgan fingerprint density at radius 1 is 1.25 bits per heavy atom. The Bertz CT molecular complexity index is 730. The van der Waals surface area contributed by atoms with Gasteiger partial charge in [-0.25, -0.2) is 4.79 Å². The van der Waals surface area contributed by atoms with Crippen molar-refractivity contribution in [2.45, 2.75) is 39.9 Å². The van der Waals surface area contributed by atoms with Crippen LogP contribution in [0, 0.1) is 0 Å². The first-order valence-electron chi connectivity index (χ1n) is 7.69. The zero-order valence-corrected chi connectivity index (χ0v) is 14.6. The number of benzene rings is 1. The Kier molecular flexibility index (Phi) is 5.12. The van der Waals surface area contributed by atoms with Gasteiger partial charge in [-0.3, -0.25) is 4.79 Å². The number of ether oxygens (including phenoxy) is 3. The fourth-order valence-corrected chi connectivity index (χ4v) is 2.52. The van der Waals surface area contributed by atoms with Gasteiger partial charge in [0.25, 0.3) is 0 Å². The van der Waals surface area contributed by atoms with Gasteiger partial charge in [-0.2, -0.15) is 0 Å². The van der Waals surface area contributed by atoms with E-state index in [0.717, 1.165) is 5.57 Å². The summed E-state index contributed by atoms with van der Waals surface area (Å²) in [6.07, 6.45) is 0.536. The summed E-state index contributed by atoms with van der Waals surface area (Å²) in [6, 6.07) is 3.32. The summed E-state index contributed by atoms with van der Waals surface area (Å²) in [5.41, 5.74) is 2.30. The van der Waals surface area contributed by atoms with Crippen molar-refractivity contribution in [1.82, 2.24) is 0 Å². The highest BCUT2D eigenvalue weighted by Crippen LogP contribution is 2.44. The van der Waals surface area contributed by atoms with Crippen molar-refractivity contribution in [1.29, 1.82) is 0 Å². The van der Waals surface area contributed by atoms with E-state index in [1.165, 1.54) is 14.0 Å². The Balaban J connectivity index is 2.50. The maximum Gasteiger partial charge on any atom is 0.334 e. The lowest BCUT2D eigenvalue weighted by Crippen LogP contribution is -2.24. The number of fused-ring (bicyclic) bond motifs is 1. The highest BCUT2D eigenvalue weighted by molar-refractivity contribution is 5.97. The number of carbonyl (C=O) groups excluding carboxylic acids is 2. The molecular formula is C19H22O5. The first-order valence-corrected chi connectivity index (χ1v) is 7.69. The highest BCUT2D eigenvalue weighted by atomic mass is 16.6. The first kappa shape index (κ1) is 17.8. The third-order valence-corrected chi connectivity index (χ3v) is 4.02. The van der Waals surface area contributed by atoms with Crippen LogP contribution in [0.2, 0.25) is 0 Å². The van der Waals surface area contributed by atoms with Crippen LogP contribution >= 0.6 is 0 Å². The van der Waals surface area contributed by atoms with Crippen LogP contribution in [-0.2, 0) is 9.53 Å². The molecule has 128 valence electrons. The number of hydrogen-bond donors (Lipinski definition) is 0. The Morgan fingerprint density at radius 3 is 2.42 bits per heavy atom. The Morgan fingerprint density at radius 2 is 1.92 bits per heavy atom. The Hall–Kier alpha value is -2.56. The molecule has 5 heteroatoms. The van der Waals surface area contributed by atoms with Crippen molar-refractivity contribution in [3.63, 3.8) is 0 Å². The van der Waals surface area contributed by atoms with Crippen molar-refractivity contribution in [2.24, 2.45) is 0 Å². The molecule has 0 aliphatic carbocycles. The number of Topliss-reactive ketones (excluding diaryl/α,β-unsaturated/α-hetero) is 1. The third kappa shape index (κ3) is 3.20. The largest absolute Gasteiger partial charge is 0.496 e. The fourth-order valence-electron chi connectivity index (χ4n) is 2.52. The van der Waals surface area contributed by atoms with Crippen molar-refractivity contribution in [2.75, 3.05) is 7.11 Å². The normalized spacial score (nSPS) is 19.3. The molecule has 0 N–H and O–H groups in total. The van der Waals surface area contributed by atoms with E-state index < -0.39 is 18.2 Å². The van der Waals surface area contributed by atoms with E-state index in [2.05, 4.69) is 6.58 Å². The standard InChI is InChI=1S/C19H22O5/c1-7-11(4)19(21)24-18-14-8-13(12(5)20)15(22-6)9-16(14)23-17(18)10(2)3/h7-9,17-18H,2H2,1,3-6H3/b11-7-/t17-,18-/m0/s1. The van der Waals surface area contributed by atoms with Crippen LogP contribution in [0.5, 0.6) is 11.5 Å². The zero-order chi connectivity index (χ0) is 18.0. The van der Waals surface area contributed by atoms with Gasteiger partial charge in [-0.05, 0) is 39.3 Å². The van der Waals surface area contributed by atoms with Crippen molar-refractivity contribution in [3.05, 3.63) is 47.1 Å². The summed E-state index contributed by atoms with van der Waals surface area (Å²) in [4.78, 5) is 24.1. The molecule has 1 heterocycles. The topological polar surface area (TPSA) is 61.8 Å². The average molecular weight is 330 g/mol. The Labute approximate surface area is 141 Å². The number of carbonyl (C=O) groups is 2. The van der Waals surface area contributed by atoms with Crippen LogP contribution in [0.15, 0.2) is 35.9 Å². The minimum absolute atomic E-state index is 0.136. The van der Waals surface area contributed by atoms with Gasteiger partial charge >= 0.3 is 5.97 Å². The van der Waals surface area contributed by atoms with E-state index in [-0.39, 0.29) is 5.78 Å². The molecule has 2 rings (SSSR count). The van der Waals surface area contributed by atoms with Crippen LogP contribution in [0.4, 0.5) is 0 Å². The lowest BCUT2D eigenvalue weighted by Gasteiger charge is -2.20. The van der Waals surface area contributed by atoms with Gasteiger partial charge in [0.05, 0.1) is 12.7 Å². The average Bonchev–Trinajstić information content (AvgIpc) is 2.90. The van der Waals surface area contributed by atoms with Gasteiger partial charge in [0, 0.05) is 17.2 Å². The number of hydrogen-bond acceptors (Lipinski definition) is 5. The molecule has 0 radical (unpaired) electrons. The second-order valence-electron chi connectivity index (χ2n) is 5.83. The molecule has 24 heavy (non-hydrogen) atoms. The second-order valence-corrected chi connectivity index (χ2v) is 5.83. The first-order chi connectivity index (χ1) is 11.3.